The summed E-state index contributed by atoms with van der Waals surface area (Å²) in [5.74, 6) is -4.10. The zero-order chi connectivity index (χ0) is 35.7. The van der Waals surface area contributed by atoms with Gasteiger partial charge in [0.25, 0.3) is 5.91 Å². The molecule has 2 aliphatic carbocycles. The number of Topliss-reactive ketones (excluding diaryl/α,β-unsaturated/α-hetero) is 1. The predicted octanol–water partition coefficient (Wildman–Crippen LogP) is 0.936. The smallest absolute Gasteiger partial charge is 0.290 e. The third kappa shape index (κ3) is 8.22. The molecular formula is C35H50N6O7. The van der Waals surface area contributed by atoms with Crippen LogP contribution in [-0.2, 0) is 33.6 Å². The Kier molecular flexibility index (Phi) is 10.7. The van der Waals surface area contributed by atoms with Crippen LogP contribution in [0.15, 0.2) is 30.3 Å². The second-order valence-electron chi connectivity index (χ2n) is 15.3. The summed E-state index contributed by atoms with van der Waals surface area (Å²) >= 11 is 0. The van der Waals surface area contributed by atoms with Crippen LogP contribution in [0.2, 0.25) is 0 Å². The third-order valence-electron chi connectivity index (χ3n) is 9.88. The van der Waals surface area contributed by atoms with Crippen LogP contribution in [0.25, 0.3) is 0 Å². The number of piperidine rings is 1. The molecule has 13 nitrogen and oxygen atoms in total. The van der Waals surface area contributed by atoms with Crippen LogP contribution in [0.3, 0.4) is 0 Å². The number of benzene rings is 1. The van der Waals surface area contributed by atoms with Crippen molar-refractivity contribution in [3.05, 3.63) is 35.9 Å². The summed E-state index contributed by atoms with van der Waals surface area (Å²) < 4.78 is 0. The van der Waals surface area contributed by atoms with Gasteiger partial charge in [-0.3, -0.25) is 33.6 Å². The normalized spacial score (nSPS) is 22.7. The maximum Gasteiger partial charge on any atom is 0.290 e. The van der Waals surface area contributed by atoms with Gasteiger partial charge in [0.05, 0.1) is 12.6 Å². The lowest BCUT2D eigenvalue weighted by atomic mass is 9.85. The van der Waals surface area contributed by atoms with E-state index in [1.807, 2.05) is 34.6 Å². The number of hydrogen-bond donors (Lipinski definition) is 4. The minimum atomic E-state index is -1.15. The van der Waals surface area contributed by atoms with E-state index >= 15 is 0 Å². The van der Waals surface area contributed by atoms with Gasteiger partial charge in [-0.25, -0.2) is 0 Å². The Labute approximate surface area is 282 Å². The van der Waals surface area contributed by atoms with Crippen molar-refractivity contribution in [3.63, 3.8) is 0 Å². The molecule has 1 aromatic rings. The van der Waals surface area contributed by atoms with Crippen molar-refractivity contribution in [3.8, 4) is 0 Å². The third-order valence-corrected chi connectivity index (χ3v) is 9.88. The summed E-state index contributed by atoms with van der Waals surface area (Å²) in [6, 6.07) is 4.80. The first-order valence-corrected chi connectivity index (χ1v) is 16.6. The first-order valence-electron chi connectivity index (χ1n) is 16.6. The van der Waals surface area contributed by atoms with Gasteiger partial charge in [0, 0.05) is 27.6 Å². The highest BCUT2D eigenvalue weighted by Crippen LogP contribution is 2.65. The molecule has 6 amide bonds. The Morgan fingerprint density at radius 3 is 2.12 bits per heavy atom. The molecule has 3 fully saturated rings. The van der Waals surface area contributed by atoms with E-state index in [4.69, 9.17) is 0 Å². The van der Waals surface area contributed by atoms with Crippen molar-refractivity contribution in [1.29, 1.82) is 0 Å². The van der Waals surface area contributed by atoms with Gasteiger partial charge in [-0.2, -0.15) is 0 Å². The number of nitrogens with zero attached hydrogens (tertiary/aromatic N) is 2. The van der Waals surface area contributed by atoms with Crippen LogP contribution in [-0.4, -0.2) is 96.3 Å². The molecule has 0 spiro atoms. The second-order valence-corrected chi connectivity index (χ2v) is 15.3. The molecule has 1 unspecified atom stereocenters. The Bertz CT molecular complexity index is 1450. The molecule has 13 heteroatoms. The van der Waals surface area contributed by atoms with Crippen molar-refractivity contribution >= 4 is 41.2 Å². The second kappa shape index (κ2) is 14.1. The summed E-state index contributed by atoms with van der Waals surface area (Å²) in [6.45, 7) is 10.7. The fourth-order valence-corrected chi connectivity index (χ4v) is 6.82. The molecular weight excluding hydrogens is 616 g/mol. The number of carbonyl (C=O) groups is 7. The predicted molar refractivity (Wildman–Crippen MR) is 177 cm³/mol. The Hall–Kier alpha value is -4.29. The molecule has 2 saturated carbocycles. The van der Waals surface area contributed by atoms with E-state index in [2.05, 4.69) is 21.3 Å². The standard InChI is InChI=1S/C35H50N6O7/c1-19(42)37-29(34(2,3)4)33(48)41-18-22-25(35(22,5)6)27(41)30(45)38-23(16-20-14-15-20)28(44)31(46)36-17-24(43)39-26(32(47)40(7)8)21-12-10-9-11-13-21/h9-13,20,22-23,25-27,29H,14-18H2,1-8H3,(H,36,46)(H,37,42)(H,38,45)(H,39,43)/t22-,23?,25-,26-,27-,29+/m0/s1. The number of rotatable bonds is 13. The average molecular weight is 667 g/mol. The highest BCUT2D eigenvalue weighted by atomic mass is 16.2. The van der Waals surface area contributed by atoms with Crippen LogP contribution in [0, 0.1) is 28.6 Å². The van der Waals surface area contributed by atoms with E-state index in [1.165, 1.54) is 16.7 Å². The molecule has 1 saturated heterocycles. The monoisotopic (exact) mass is 666 g/mol. The number of hydrogen-bond acceptors (Lipinski definition) is 7. The minimum Gasteiger partial charge on any atom is -0.347 e. The van der Waals surface area contributed by atoms with Gasteiger partial charge in [0.1, 0.15) is 18.1 Å². The molecule has 0 radical (unpaired) electrons. The fourth-order valence-electron chi connectivity index (χ4n) is 6.82. The molecule has 6 atom stereocenters. The Morgan fingerprint density at radius 2 is 1.58 bits per heavy atom. The summed E-state index contributed by atoms with van der Waals surface area (Å²) in [5, 5.41) is 10.5. The molecule has 0 bridgehead atoms. The summed E-state index contributed by atoms with van der Waals surface area (Å²) in [6.07, 6.45) is 1.98. The lowest BCUT2D eigenvalue weighted by Crippen LogP contribution is -2.60. The van der Waals surface area contributed by atoms with Crippen LogP contribution in [0.1, 0.15) is 72.4 Å². The van der Waals surface area contributed by atoms with E-state index in [9.17, 15) is 33.6 Å². The van der Waals surface area contributed by atoms with Crippen molar-refractivity contribution in [1.82, 2.24) is 31.1 Å². The average Bonchev–Trinajstić information content (AvgIpc) is 3.87. The van der Waals surface area contributed by atoms with Crippen molar-refractivity contribution in [2.24, 2.45) is 28.6 Å². The molecule has 1 heterocycles. The van der Waals surface area contributed by atoms with Gasteiger partial charge >= 0.3 is 0 Å². The van der Waals surface area contributed by atoms with Gasteiger partial charge in [-0.05, 0) is 40.6 Å². The number of nitrogens with one attached hydrogen (secondary N) is 4. The van der Waals surface area contributed by atoms with E-state index in [0.29, 0.717) is 12.1 Å². The van der Waals surface area contributed by atoms with Gasteiger partial charge in [-0.15, -0.1) is 0 Å². The Balaban J connectivity index is 1.45. The van der Waals surface area contributed by atoms with Gasteiger partial charge in [-0.1, -0.05) is 77.8 Å². The molecule has 48 heavy (non-hydrogen) atoms. The minimum absolute atomic E-state index is 0.0774. The van der Waals surface area contributed by atoms with Crippen LogP contribution in [0.5, 0.6) is 0 Å². The number of fused-ring (bicyclic) bond motifs is 1. The molecule has 3 aliphatic rings. The van der Waals surface area contributed by atoms with Crippen LogP contribution in [0.4, 0.5) is 0 Å². The number of amides is 6. The fraction of sp³-hybridized carbons (Fsp3) is 0.629. The molecule has 0 aromatic heterocycles. The number of ketones is 1. The van der Waals surface area contributed by atoms with Crippen LogP contribution >= 0.6 is 0 Å². The topological polar surface area (TPSA) is 174 Å². The first kappa shape index (κ1) is 36.5. The summed E-state index contributed by atoms with van der Waals surface area (Å²) in [4.78, 5) is 94.9. The maximum absolute atomic E-state index is 14.0. The van der Waals surface area contributed by atoms with Crippen LogP contribution < -0.4 is 21.3 Å². The zero-order valence-electron chi connectivity index (χ0n) is 29.2. The Morgan fingerprint density at radius 1 is 0.958 bits per heavy atom. The van der Waals surface area contributed by atoms with E-state index in [-0.39, 0.29) is 47.3 Å². The largest absolute Gasteiger partial charge is 0.347 e. The number of carbonyl (C=O) groups excluding carboxylic acids is 7. The highest BCUT2D eigenvalue weighted by Gasteiger charge is 2.70. The van der Waals surface area contributed by atoms with E-state index in [1.54, 1.807) is 44.4 Å². The lowest BCUT2D eigenvalue weighted by molar-refractivity contribution is -0.146. The lowest BCUT2D eigenvalue weighted by Gasteiger charge is -2.37. The molecule has 1 aliphatic heterocycles. The summed E-state index contributed by atoms with van der Waals surface area (Å²) in [7, 11) is 3.13. The number of likely N-dealkylation sites (tertiary alicyclic amines) is 1. The van der Waals surface area contributed by atoms with Gasteiger partial charge in [0.2, 0.25) is 35.3 Å². The highest BCUT2D eigenvalue weighted by molar-refractivity contribution is 6.38. The van der Waals surface area contributed by atoms with E-state index < -0.39 is 59.6 Å². The molecule has 4 N–H and O–H groups in total. The van der Waals surface area contributed by atoms with Crippen molar-refractivity contribution in [2.45, 2.75) is 85.0 Å². The SMILES string of the molecule is CC(=O)N[C@H](C(=O)N1C[C@H]2[C@@H]([C@H]1C(=O)NC(CC1CC1)C(=O)C(=O)NCC(=O)N[C@H](C(=O)N(C)C)c1ccccc1)C2(C)C)C(C)(C)C. The van der Waals surface area contributed by atoms with Crippen molar-refractivity contribution < 1.29 is 33.6 Å². The zero-order valence-corrected chi connectivity index (χ0v) is 29.2. The molecule has 4 rings (SSSR count). The van der Waals surface area contributed by atoms with E-state index in [0.717, 1.165) is 12.8 Å². The molecule has 1 aromatic carbocycles. The maximum atomic E-state index is 14.0. The van der Waals surface area contributed by atoms with Gasteiger partial charge < -0.3 is 31.1 Å². The first-order chi connectivity index (χ1) is 22.3. The molecule has 262 valence electrons. The van der Waals surface area contributed by atoms with Crippen molar-refractivity contribution in [2.75, 3.05) is 27.2 Å². The van der Waals surface area contributed by atoms with Gasteiger partial charge in [0.15, 0.2) is 0 Å². The summed E-state index contributed by atoms with van der Waals surface area (Å²) in [5.41, 5.74) is -0.261. The quantitative estimate of drug-likeness (QED) is 0.227. The number of likely N-dealkylation sites (N-methyl/N-ethyl adjacent to an activating group) is 1.